The highest BCUT2D eigenvalue weighted by Gasteiger charge is 2.16. The van der Waals surface area contributed by atoms with Crippen LogP contribution in [0.5, 0.6) is 23.0 Å². The van der Waals surface area contributed by atoms with Gasteiger partial charge in [-0.2, -0.15) is 0 Å². The van der Waals surface area contributed by atoms with Crippen molar-refractivity contribution in [3.8, 4) is 23.0 Å². The summed E-state index contributed by atoms with van der Waals surface area (Å²) in [5, 5.41) is 2.90. The third-order valence-corrected chi connectivity index (χ3v) is 4.60. The highest BCUT2D eigenvalue weighted by Crippen LogP contribution is 2.32. The van der Waals surface area contributed by atoms with Gasteiger partial charge in [-0.15, -0.1) is 0 Å². The van der Waals surface area contributed by atoms with E-state index >= 15 is 0 Å². The fraction of sp³-hybridized carbons (Fsp3) is 0.304. The fourth-order valence-corrected chi connectivity index (χ4v) is 2.98. The molecule has 2 aromatic rings. The van der Waals surface area contributed by atoms with Gasteiger partial charge in [-0.05, 0) is 48.4 Å². The normalized spacial score (nSPS) is 13.4. The molecule has 0 saturated heterocycles. The number of hydrogen-bond donors (Lipinski definition) is 1. The van der Waals surface area contributed by atoms with E-state index in [0.717, 1.165) is 11.1 Å². The Labute approximate surface area is 180 Å². The molecule has 0 fully saturated rings. The maximum absolute atomic E-state index is 12.4. The largest absolute Gasteiger partial charge is 0.493 e. The van der Waals surface area contributed by atoms with Crippen LogP contribution in [0.3, 0.4) is 0 Å². The smallest absolute Gasteiger partial charge is 0.330 e. The zero-order valence-electron chi connectivity index (χ0n) is 17.7. The van der Waals surface area contributed by atoms with Crippen molar-refractivity contribution in [2.24, 2.45) is 0 Å². The summed E-state index contributed by atoms with van der Waals surface area (Å²) in [6.07, 6.45) is 2.90. The maximum atomic E-state index is 12.4. The Morgan fingerprint density at radius 2 is 1.84 bits per heavy atom. The number of carbonyl (C=O) groups is 2. The van der Waals surface area contributed by atoms with E-state index in [9.17, 15) is 9.59 Å². The van der Waals surface area contributed by atoms with Crippen LogP contribution < -0.4 is 24.3 Å². The van der Waals surface area contributed by atoms with Crippen molar-refractivity contribution in [3.63, 3.8) is 0 Å². The molecule has 2 aromatic carbocycles. The zero-order chi connectivity index (χ0) is 22.2. The fourth-order valence-electron chi connectivity index (χ4n) is 2.98. The molecule has 3 rings (SSSR count). The summed E-state index contributed by atoms with van der Waals surface area (Å²) in [5.74, 6) is 1.50. The molecule has 0 aliphatic carbocycles. The monoisotopic (exact) mass is 427 g/mol. The summed E-state index contributed by atoms with van der Waals surface area (Å²) in [6, 6.07) is 10.5. The molecule has 1 amide bonds. The molecule has 8 nitrogen and oxygen atoms in total. The van der Waals surface area contributed by atoms with Gasteiger partial charge in [0.2, 0.25) is 0 Å². The molecule has 31 heavy (non-hydrogen) atoms. The van der Waals surface area contributed by atoms with Crippen molar-refractivity contribution in [1.29, 1.82) is 0 Å². The van der Waals surface area contributed by atoms with Crippen molar-refractivity contribution in [2.45, 2.75) is 13.0 Å². The lowest BCUT2D eigenvalue weighted by Gasteiger charge is -2.21. The summed E-state index contributed by atoms with van der Waals surface area (Å²) in [6.45, 7) is 2.74. The molecular weight excluding hydrogens is 402 g/mol. The number of ether oxygens (including phenoxy) is 5. The second-order valence-corrected chi connectivity index (χ2v) is 6.75. The van der Waals surface area contributed by atoms with Gasteiger partial charge in [0.05, 0.1) is 20.3 Å². The average molecular weight is 427 g/mol. The maximum Gasteiger partial charge on any atom is 0.330 e. The molecule has 1 aliphatic heterocycles. The van der Waals surface area contributed by atoms with Crippen molar-refractivity contribution in [1.82, 2.24) is 5.32 Å². The zero-order valence-corrected chi connectivity index (χ0v) is 17.7. The number of hydrogen-bond acceptors (Lipinski definition) is 7. The van der Waals surface area contributed by atoms with E-state index in [-0.39, 0.29) is 18.6 Å². The Hall–Kier alpha value is -3.68. The first kappa shape index (κ1) is 22.0. The van der Waals surface area contributed by atoms with E-state index in [1.165, 1.54) is 20.3 Å². The minimum Gasteiger partial charge on any atom is -0.493 e. The molecule has 1 heterocycles. The molecule has 1 aliphatic rings. The summed E-state index contributed by atoms with van der Waals surface area (Å²) in [5.41, 5.74) is 1.63. The molecule has 0 bridgehead atoms. The lowest BCUT2D eigenvalue weighted by molar-refractivity contribution is -0.134. The van der Waals surface area contributed by atoms with Gasteiger partial charge in [-0.25, -0.2) is 4.79 Å². The molecule has 164 valence electrons. The molecular formula is C23H25NO7. The van der Waals surface area contributed by atoms with Crippen LogP contribution in [0.2, 0.25) is 0 Å². The topological polar surface area (TPSA) is 92.3 Å². The van der Waals surface area contributed by atoms with E-state index in [2.05, 4.69) is 10.1 Å². The van der Waals surface area contributed by atoms with Gasteiger partial charge in [0, 0.05) is 6.08 Å². The molecule has 0 radical (unpaired) electrons. The van der Waals surface area contributed by atoms with E-state index in [4.69, 9.17) is 18.9 Å². The summed E-state index contributed by atoms with van der Waals surface area (Å²) in [7, 11) is 2.81. The molecule has 1 N–H and O–H groups in total. The number of methoxy groups -OCH3 is 2. The highest BCUT2D eigenvalue weighted by atomic mass is 16.6. The Morgan fingerprint density at radius 3 is 2.58 bits per heavy atom. The minimum atomic E-state index is -0.455. The first-order valence-electron chi connectivity index (χ1n) is 9.76. The molecule has 1 atom stereocenters. The van der Waals surface area contributed by atoms with Crippen molar-refractivity contribution in [2.75, 3.05) is 34.0 Å². The van der Waals surface area contributed by atoms with Crippen LogP contribution >= 0.6 is 0 Å². The second-order valence-electron chi connectivity index (χ2n) is 6.75. The highest BCUT2D eigenvalue weighted by molar-refractivity contribution is 5.87. The van der Waals surface area contributed by atoms with Gasteiger partial charge in [0.1, 0.15) is 13.2 Å². The molecule has 0 aromatic heterocycles. The van der Waals surface area contributed by atoms with Crippen LogP contribution in [0.25, 0.3) is 6.08 Å². The van der Waals surface area contributed by atoms with Gasteiger partial charge < -0.3 is 29.0 Å². The van der Waals surface area contributed by atoms with Crippen molar-refractivity contribution < 1.29 is 33.3 Å². The van der Waals surface area contributed by atoms with E-state index < -0.39 is 5.97 Å². The Balaban J connectivity index is 1.57. The van der Waals surface area contributed by atoms with Crippen molar-refractivity contribution >= 4 is 18.0 Å². The van der Waals surface area contributed by atoms with E-state index in [0.29, 0.717) is 36.2 Å². The van der Waals surface area contributed by atoms with E-state index in [1.807, 2.05) is 25.1 Å². The van der Waals surface area contributed by atoms with Crippen LogP contribution in [0.1, 0.15) is 24.1 Å². The number of carbonyl (C=O) groups excluding carboxylic acids is 2. The van der Waals surface area contributed by atoms with Crippen LogP contribution in [-0.2, 0) is 14.3 Å². The second kappa shape index (κ2) is 10.4. The SMILES string of the molecule is COC(=O)/C=C/c1ccc(OCC(=O)NC(C)c2ccc3c(c2)OCCO3)c(OC)c1. The molecule has 1 unspecified atom stereocenters. The number of rotatable bonds is 8. The van der Waals surface area contributed by atoms with Gasteiger partial charge >= 0.3 is 5.97 Å². The van der Waals surface area contributed by atoms with Crippen molar-refractivity contribution in [3.05, 3.63) is 53.6 Å². The van der Waals surface area contributed by atoms with Crippen LogP contribution in [-0.4, -0.2) is 45.9 Å². The third-order valence-electron chi connectivity index (χ3n) is 4.60. The number of nitrogens with one attached hydrogen (secondary N) is 1. The predicted molar refractivity (Wildman–Crippen MR) is 114 cm³/mol. The molecule has 0 spiro atoms. The van der Waals surface area contributed by atoms with Gasteiger partial charge in [-0.3, -0.25) is 4.79 Å². The number of amides is 1. The van der Waals surface area contributed by atoms with Gasteiger partial charge in [-0.1, -0.05) is 12.1 Å². The van der Waals surface area contributed by atoms with E-state index in [1.54, 1.807) is 24.3 Å². The van der Waals surface area contributed by atoms with Gasteiger partial charge in [0.25, 0.3) is 5.91 Å². The first-order valence-corrected chi connectivity index (χ1v) is 9.76. The quantitative estimate of drug-likeness (QED) is 0.512. The minimum absolute atomic E-state index is 0.178. The Kier molecular flexibility index (Phi) is 7.37. The van der Waals surface area contributed by atoms with Crippen LogP contribution in [0.4, 0.5) is 0 Å². The van der Waals surface area contributed by atoms with Gasteiger partial charge in [0.15, 0.2) is 29.6 Å². The molecule has 0 saturated carbocycles. The molecule has 8 heteroatoms. The lowest BCUT2D eigenvalue weighted by Crippen LogP contribution is -2.31. The summed E-state index contributed by atoms with van der Waals surface area (Å²) in [4.78, 5) is 23.6. The lowest BCUT2D eigenvalue weighted by atomic mass is 10.1. The predicted octanol–water partition coefficient (Wildman–Crippen LogP) is 2.91. The van der Waals surface area contributed by atoms with Crippen LogP contribution in [0, 0.1) is 0 Å². The average Bonchev–Trinajstić information content (AvgIpc) is 2.80. The summed E-state index contributed by atoms with van der Waals surface area (Å²) < 4.78 is 26.6. The third kappa shape index (κ3) is 5.91. The number of fused-ring (bicyclic) bond motifs is 1. The van der Waals surface area contributed by atoms with Crippen LogP contribution in [0.15, 0.2) is 42.5 Å². The summed E-state index contributed by atoms with van der Waals surface area (Å²) >= 11 is 0. The number of benzene rings is 2. The standard InChI is InChI=1S/C23H25NO7/c1-15(17-6-8-19-21(13-17)30-11-10-29-19)24-22(25)14-31-18-7-4-16(12-20(18)27-2)5-9-23(26)28-3/h4-9,12-13,15H,10-11,14H2,1-3H3,(H,24,25)/b9-5+. The first-order chi connectivity index (χ1) is 15.0. The Morgan fingerprint density at radius 1 is 1.06 bits per heavy atom. The Bertz CT molecular complexity index is 970. The number of esters is 1.